The molecule has 0 bridgehead atoms. The van der Waals surface area contributed by atoms with Crippen molar-refractivity contribution in [2.75, 3.05) is 11.9 Å². The number of nitrogens with zero attached hydrogens (tertiary/aromatic N) is 4. The van der Waals surface area contributed by atoms with Gasteiger partial charge in [0.2, 0.25) is 5.95 Å². The van der Waals surface area contributed by atoms with Gasteiger partial charge >= 0.3 is 6.01 Å². The van der Waals surface area contributed by atoms with E-state index < -0.39 is 11.5 Å². The van der Waals surface area contributed by atoms with Gasteiger partial charge < -0.3 is 4.74 Å². The van der Waals surface area contributed by atoms with Crippen molar-refractivity contribution in [1.82, 2.24) is 25.0 Å². The Kier molecular flexibility index (Phi) is 4.01. The third-order valence-corrected chi connectivity index (χ3v) is 2.92. The second-order valence-corrected chi connectivity index (χ2v) is 4.37. The van der Waals surface area contributed by atoms with Gasteiger partial charge in [0.25, 0.3) is 11.5 Å². The van der Waals surface area contributed by atoms with Crippen LogP contribution in [-0.2, 0) is 7.05 Å². The molecule has 0 aromatic carbocycles. The number of rotatable bonds is 4. The highest BCUT2D eigenvalue weighted by Gasteiger charge is 2.19. The number of ether oxygens (including phenoxy) is 1. The summed E-state index contributed by atoms with van der Waals surface area (Å²) < 4.78 is 6.21. The summed E-state index contributed by atoms with van der Waals surface area (Å²) in [5.41, 5.74) is 0.689. The highest BCUT2D eigenvalue weighted by molar-refractivity contribution is 6.04. The molecule has 0 aliphatic rings. The average molecular weight is 292 g/mol. The SMILES string of the molecule is CCOc1n[nH]c(NC(=O)c2c(C)c(C)nn(C)c2=O)n1. The van der Waals surface area contributed by atoms with Crippen LogP contribution in [0.2, 0.25) is 0 Å². The minimum atomic E-state index is -0.571. The highest BCUT2D eigenvalue weighted by Crippen LogP contribution is 2.10. The number of anilines is 1. The Balaban J connectivity index is 2.30. The molecule has 0 aliphatic carbocycles. The van der Waals surface area contributed by atoms with Gasteiger partial charge in [0.1, 0.15) is 5.56 Å². The van der Waals surface area contributed by atoms with Crippen LogP contribution in [0.3, 0.4) is 0 Å². The van der Waals surface area contributed by atoms with Gasteiger partial charge in [0, 0.05) is 7.05 Å². The van der Waals surface area contributed by atoms with E-state index in [1.165, 1.54) is 7.05 Å². The summed E-state index contributed by atoms with van der Waals surface area (Å²) in [6, 6.07) is 0.128. The lowest BCUT2D eigenvalue weighted by atomic mass is 10.1. The van der Waals surface area contributed by atoms with Gasteiger partial charge in [-0.1, -0.05) is 0 Å². The first-order chi connectivity index (χ1) is 9.93. The van der Waals surface area contributed by atoms with Crippen LogP contribution in [0.5, 0.6) is 6.01 Å². The summed E-state index contributed by atoms with van der Waals surface area (Å²) in [5.74, 6) is -0.461. The van der Waals surface area contributed by atoms with Crippen molar-refractivity contribution in [2.24, 2.45) is 7.05 Å². The molecule has 0 aliphatic heterocycles. The number of aryl methyl sites for hydroxylation is 2. The fourth-order valence-corrected chi connectivity index (χ4v) is 1.78. The number of H-pyrrole nitrogens is 1. The fraction of sp³-hybridized carbons (Fsp3) is 0.417. The number of hydrogen-bond acceptors (Lipinski definition) is 6. The van der Waals surface area contributed by atoms with Crippen molar-refractivity contribution in [1.29, 1.82) is 0 Å². The quantitative estimate of drug-likeness (QED) is 0.830. The number of aromatic nitrogens is 5. The van der Waals surface area contributed by atoms with E-state index in [1.54, 1.807) is 20.8 Å². The molecule has 0 spiro atoms. The second-order valence-electron chi connectivity index (χ2n) is 4.37. The van der Waals surface area contributed by atoms with Gasteiger partial charge in [0.15, 0.2) is 0 Å². The van der Waals surface area contributed by atoms with Crippen molar-refractivity contribution in [3.8, 4) is 6.01 Å². The third-order valence-electron chi connectivity index (χ3n) is 2.92. The minimum Gasteiger partial charge on any atom is -0.463 e. The second kappa shape index (κ2) is 5.73. The largest absolute Gasteiger partial charge is 0.463 e. The molecule has 21 heavy (non-hydrogen) atoms. The van der Waals surface area contributed by atoms with Crippen LogP contribution in [0.15, 0.2) is 4.79 Å². The van der Waals surface area contributed by atoms with Crippen LogP contribution >= 0.6 is 0 Å². The molecular weight excluding hydrogens is 276 g/mol. The molecule has 0 unspecified atom stereocenters. The first kappa shape index (κ1) is 14.7. The molecule has 0 saturated heterocycles. The molecule has 9 heteroatoms. The smallest absolute Gasteiger partial charge is 0.337 e. The zero-order valence-corrected chi connectivity index (χ0v) is 12.2. The molecule has 112 valence electrons. The monoisotopic (exact) mass is 292 g/mol. The molecule has 2 aromatic rings. The zero-order valence-electron chi connectivity index (χ0n) is 12.2. The van der Waals surface area contributed by atoms with E-state index in [0.29, 0.717) is 17.9 Å². The van der Waals surface area contributed by atoms with Crippen LogP contribution in [0.25, 0.3) is 0 Å². The maximum atomic E-state index is 12.2. The third kappa shape index (κ3) is 2.91. The van der Waals surface area contributed by atoms with Crippen LogP contribution in [0, 0.1) is 13.8 Å². The first-order valence-corrected chi connectivity index (χ1v) is 6.35. The van der Waals surface area contributed by atoms with Gasteiger partial charge in [-0.3, -0.25) is 14.9 Å². The molecule has 1 amide bonds. The molecule has 9 nitrogen and oxygen atoms in total. The topological polar surface area (TPSA) is 115 Å². The Hall–Kier alpha value is -2.71. The Labute approximate surface area is 120 Å². The van der Waals surface area contributed by atoms with E-state index >= 15 is 0 Å². The lowest BCUT2D eigenvalue weighted by molar-refractivity contribution is 0.102. The standard InChI is InChI=1S/C12H16N6O3/c1-5-21-12-14-11(15-16-12)13-9(19)8-6(2)7(3)17-18(4)10(8)20/h5H2,1-4H3,(H2,13,14,15,16,19). The summed E-state index contributed by atoms with van der Waals surface area (Å²) in [4.78, 5) is 28.2. The van der Waals surface area contributed by atoms with E-state index in [9.17, 15) is 9.59 Å². The van der Waals surface area contributed by atoms with E-state index in [2.05, 4.69) is 25.6 Å². The normalized spacial score (nSPS) is 10.5. The van der Waals surface area contributed by atoms with Crippen LogP contribution < -0.4 is 15.6 Å². The summed E-state index contributed by atoms with van der Waals surface area (Å²) in [5, 5.41) is 12.8. The van der Waals surface area contributed by atoms with E-state index in [1.807, 2.05) is 0 Å². The Morgan fingerprint density at radius 2 is 2.14 bits per heavy atom. The maximum absolute atomic E-state index is 12.2. The van der Waals surface area contributed by atoms with Gasteiger partial charge in [-0.2, -0.15) is 10.1 Å². The van der Waals surface area contributed by atoms with Gasteiger partial charge in [0.05, 0.1) is 12.3 Å². The van der Waals surface area contributed by atoms with Crippen molar-refractivity contribution >= 4 is 11.9 Å². The van der Waals surface area contributed by atoms with Gasteiger partial charge in [-0.15, -0.1) is 5.10 Å². The summed E-state index contributed by atoms with van der Waals surface area (Å²) in [7, 11) is 1.49. The molecule has 2 aromatic heterocycles. The minimum absolute atomic E-state index is 0.0272. The van der Waals surface area contributed by atoms with E-state index in [4.69, 9.17) is 4.74 Å². The van der Waals surface area contributed by atoms with Crippen molar-refractivity contribution in [3.05, 3.63) is 27.2 Å². The number of aromatic amines is 1. The van der Waals surface area contributed by atoms with Gasteiger partial charge in [-0.05, 0) is 26.3 Å². The summed E-state index contributed by atoms with van der Waals surface area (Å²) >= 11 is 0. The Morgan fingerprint density at radius 3 is 2.81 bits per heavy atom. The molecular formula is C12H16N6O3. The lowest BCUT2D eigenvalue weighted by Gasteiger charge is -2.08. The predicted octanol–water partition coefficient (Wildman–Crippen LogP) is 0.166. The molecule has 0 saturated carbocycles. The maximum Gasteiger partial charge on any atom is 0.337 e. The molecule has 2 N–H and O–H groups in total. The Morgan fingerprint density at radius 1 is 1.43 bits per heavy atom. The number of hydrogen-bond donors (Lipinski definition) is 2. The molecule has 0 atom stereocenters. The number of nitrogens with one attached hydrogen (secondary N) is 2. The van der Waals surface area contributed by atoms with Crippen LogP contribution in [-0.4, -0.2) is 37.5 Å². The molecule has 0 fully saturated rings. The first-order valence-electron chi connectivity index (χ1n) is 6.35. The predicted molar refractivity (Wildman–Crippen MR) is 74.5 cm³/mol. The zero-order chi connectivity index (χ0) is 15.6. The van der Waals surface area contributed by atoms with Gasteiger partial charge in [-0.25, -0.2) is 9.78 Å². The van der Waals surface area contributed by atoms with Crippen molar-refractivity contribution < 1.29 is 9.53 Å². The lowest BCUT2D eigenvalue weighted by Crippen LogP contribution is -2.31. The number of carbonyl (C=O) groups excluding carboxylic acids is 1. The highest BCUT2D eigenvalue weighted by atomic mass is 16.5. The summed E-state index contributed by atoms with van der Waals surface area (Å²) in [6.45, 7) is 5.60. The number of carbonyl (C=O) groups is 1. The van der Waals surface area contributed by atoms with Crippen molar-refractivity contribution in [2.45, 2.75) is 20.8 Å². The van der Waals surface area contributed by atoms with E-state index in [-0.39, 0.29) is 17.5 Å². The number of amides is 1. The fourth-order valence-electron chi connectivity index (χ4n) is 1.78. The molecule has 2 rings (SSSR count). The summed E-state index contributed by atoms with van der Waals surface area (Å²) in [6.07, 6.45) is 0. The average Bonchev–Trinajstić information content (AvgIpc) is 2.84. The van der Waals surface area contributed by atoms with E-state index in [0.717, 1.165) is 4.68 Å². The molecule has 0 radical (unpaired) electrons. The Bertz CT molecular complexity index is 733. The molecule has 2 heterocycles. The van der Waals surface area contributed by atoms with Crippen LogP contribution in [0.1, 0.15) is 28.5 Å². The van der Waals surface area contributed by atoms with Crippen LogP contribution in [0.4, 0.5) is 5.95 Å². The van der Waals surface area contributed by atoms with Crippen molar-refractivity contribution in [3.63, 3.8) is 0 Å².